The number of nitro groups is 1. The van der Waals surface area contributed by atoms with Crippen molar-refractivity contribution in [3.63, 3.8) is 0 Å². The molecule has 7 nitrogen and oxygen atoms in total. The molecule has 1 aromatic carbocycles. The topological polar surface area (TPSA) is 97.2 Å². The Kier molecular flexibility index (Phi) is 3.39. The van der Waals surface area contributed by atoms with E-state index in [1.54, 1.807) is 18.2 Å². The highest BCUT2D eigenvalue weighted by molar-refractivity contribution is 5.98. The molecule has 1 unspecified atom stereocenters. The van der Waals surface area contributed by atoms with Gasteiger partial charge in [0.25, 0.3) is 0 Å². The van der Waals surface area contributed by atoms with Crippen LogP contribution in [0.2, 0.25) is 0 Å². The molecule has 2 N–H and O–H groups in total. The summed E-state index contributed by atoms with van der Waals surface area (Å²) in [4.78, 5) is 26.7. The van der Waals surface area contributed by atoms with E-state index in [1.165, 1.54) is 6.20 Å². The van der Waals surface area contributed by atoms with Crippen LogP contribution in [-0.2, 0) is 4.79 Å². The molecule has 0 aliphatic carbocycles. The van der Waals surface area contributed by atoms with Gasteiger partial charge in [-0.05, 0) is 18.9 Å². The minimum absolute atomic E-state index is 0.118. The summed E-state index contributed by atoms with van der Waals surface area (Å²) in [6, 6.07) is 6.70. The van der Waals surface area contributed by atoms with Gasteiger partial charge in [-0.3, -0.25) is 14.9 Å². The Balaban J connectivity index is 2.07. The lowest BCUT2D eigenvalue weighted by molar-refractivity contribution is -0.384. The molecular weight excluding hydrogens is 272 g/mol. The number of carbonyl (C=O) groups excluding carboxylic acids is 1. The summed E-state index contributed by atoms with van der Waals surface area (Å²) in [6.45, 7) is 0.649. The molecule has 1 aromatic heterocycles. The van der Waals surface area contributed by atoms with E-state index >= 15 is 0 Å². The zero-order valence-corrected chi connectivity index (χ0v) is 11.2. The molecule has 0 radical (unpaired) electrons. The molecule has 108 valence electrons. The van der Waals surface area contributed by atoms with Gasteiger partial charge < -0.3 is 10.6 Å². The number of hydrogen-bond donors (Lipinski definition) is 2. The summed E-state index contributed by atoms with van der Waals surface area (Å²) >= 11 is 0. The first kappa shape index (κ1) is 13.3. The van der Waals surface area contributed by atoms with E-state index in [1.807, 2.05) is 6.07 Å². The molecule has 1 amide bonds. The Morgan fingerprint density at radius 1 is 1.38 bits per heavy atom. The van der Waals surface area contributed by atoms with Crippen LogP contribution in [0.3, 0.4) is 0 Å². The monoisotopic (exact) mass is 286 g/mol. The van der Waals surface area contributed by atoms with Crippen LogP contribution in [0.25, 0.3) is 10.9 Å². The minimum atomic E-state index is -0.484. The lowest BCUT2D eigenvalue weighted by Crippen LogP contribution is -2.44. The third-order valence-electron chi connectivity index (χ3n) is 3.56. The SMILES string of the molecule is O=C1NCCCC1Nc1c([N+](=O)[O-])cnc2ccccc12. The van der Waals surface area contributed by atoms with Crippen LogP contribution in [-0.4, -0.2) is 28.4 Å². The molecule has 2 heterocycles. The van der Waals surface area contributed by atoms with Crippen molar-refractivity contribution in [2.45, 2.75) is 18.9 Å². The fraction of sp³-hybridized carbons (Fsp3) is 0.286. The Morgan fingerprint density at radius 3 is 2.95 bits per heavy atom. The van der Waals surface area contributed by atoms with E-state index in [0.717, 1.165) is 6.42 Å². The van der Waals surface area contributed by atoms with Gasteiger partial charge in [0.15, 0.2) is 0 Å². The smallest absolute Gasteiger partial charge is 0.311 e. The first-order valence-electron chi connectivity index (χ1n) is 6.73. The summed E-state index contributed by atoms with van der Waals surface area (Å²) in [5.41, 5.74) is 0.890. The molecule has 1 saturated heterocycles. The summed E-state index contributed by atoms with van der Waals surface area (Å²) in [5, 5.41) is 17.6. The number of hydrogen-bond acceptors (Lipinski definition) is 5. The van der Waals surface area contributed by atoms with E-state index in [9.17, 15) is 14.9 Å². The van der Waals surface area contributed by atoms with Crippen LogP contribution in [0.15, 0.2) is 30.5 Å². The van der Waals surface area contributed by atoms with E-state index in [4.69, 9.17) is 0 Å². The van der Waals surface area contributed by atoms with Gasteiger partial charge in [0.2, 0.25) is 5.91 Å². The van der Waals surface area contributed by atoms with Crippen molar-refractivity contribution in [1.29, 1.82) is 0 Å². The maximum atomic E-state index is 11.9. The minimum Gasteiger partial charge on any atom is -0.367 e. The first-order chi connectivity index (χ1) is 10.2. The first-order valence-corrected chi connectivity index (χ1v) is 6.73. The van der Waals surface area contributed by atoms with Gasteiger partial charge in [-0.2, -0.15) is 0 Å². The van der Waals surface area contributed by atoms with Crippen molar-refractivity contribution in [1.82, 2.24) is 10.3 Å². The second-order valence-corrected chi connectivity index (χ2v) is 4.92. The van der Waals surface area contributed by atoms with Gasteiger partial charge in [-0.1, -0.05) is 18.2 Å². The maximum Gasteiger partial charge on any atom is 0.311 e. The number of nitrogens with zero attached hydrogens (tertiary/aromatic N) is 2. The fourth-order valence-corrected chi connectivity index (χ4v) is 2.50. The number of piperidine rings is 1. The lowest BCUT2D eigenvalue weighted by Gasteiger charge is -2.24. The average Bonchev–Trinajstić information content (AvgIpc) is 2.49. The van der Waals surface area contributed by atoms with Crippen molar-refractivity contribution in [2.24, 2.45) is 0 Å². The third kappa shape index (κ3) is 2.49. The van der Waals surface area contributed by atoms with Crippen LogP contribution >= 0.6 is 0 Å². The molecule has 1 atom stereocenters. The highest BCUT2D eigenvalue weighted by atomic mass is 16.6. The molecule has 1 fully saturated rings. The Labute approximate surface area is 120 Å². The number of pyridine rings is 1. The molecule has 2 aromatic rings. The number of rotatable bonds is 3. The van der Waals surface area contributed by atoms with Crippen LogP contribution < -0.4 is 10.6 Å². The Morgan fingerprint density at radius 2 is 2.19 bits per heavy atom. The second-order valence-electron chi connectivity index (χ2n) is 4.92. The normalized spacial score (nSPS) is 18.3. The Bertz CT molecular complexity index is 716. The fourth-order valence-electron chi connectivity index (χ4n) is 2.50. The number of nitrogens with one attached hydrogen (secondary N) is 2. The lowest BCUT2D eigenvalue weighted by atomic mass is 10.1. The van der Waals surface area contributed by atoms with E-state index in [-0.39, 0.29) is 11.6 Å². The molecule has 7 heteroatoms. The van der Waals surface area contributed by atoms with Gasteiger partial charge in [0, 0.05) is 11.9 Å². The molecule has 1 aliphatic rings. The summed E-state index contributed by atoms with van der Waals surface area (Å²) < 4.78 is 0. The van der Waals surface area contributed by atoms with Crippen LogP contribution in [0.1, 0.15) is 12.8 Å². The van der Waals surface area contributed by atoms with E-state index in [0.29, 0.717) is 29.6 Å². The molecule has 1 aliphatic heterocycles. The number of fused-ring (bicyclic) bond motifs is 1. The van der Waals surface area contributed by atoms with Crippen LogP contribution in [0, 0.1) is 10.1 Å². The van der Waals surface area contributed by atoms with Gasteiger partial charge in [0.05, 0.1) is 10.4 Å². The van der Waals surface area contributed by atoms with E-state index in [2.05, 4.69) is 15.6 Å². The third-order valence-corrected chi connectivity index (χ3v) is 3.56. The highest BCUT2D eigenvalue weighted by Crippen LogP contribution is 2.32. The number of carbonyl (C=O) groups is 1. The van der Waals surface area contributed by atoms with Gasteiger partial charge >= 0.3 is 5.69 Å². The quantitative estimate of drug-likeness (QED) is 0.662. The number of amides is 1. The van der Waals surface area contributed by atoms with Gasteiger partial charge in [-0.15, -0.1) is 0 Å². The maximum absolute atomic E-state index is 11.9. The number of aromatic nitrogens is 1. The summed E-state index contributed by atoms with van der Waals surface area (Å²) in [5.74, 6) is -0.128. The predicted octanol–water partition coefficient (Wildman–Crippen LogP) is 1.83. The summed E-state index contributed by atoms with van der Waals surface area (Å²) in [6.07, 6.45) is 2.73. The largest absolute Gasteiger partial charge is 0.367 e. The van der Waals surface area contributed by atoms with Crippen molar-refractivity contribution in [3.8, 4) is 0 Å². The average molecular weight is 286 g/mol. The highest BCUT2D eigenvalue weighted by Gasteiger charge is 2.26. The molecule has 3 rings (SSSR count). The van der Waals surface area contributed by atoms with Crippen molar-refractivity contribution >= 4 is 28.2 Å². The summed E-state index contributed by atoms with van der Waals surface area (Å²) in [7, 11) is 0. The molecule has 0 saturated carbocycles. The zero-order valence-electron chi connectivity index (χ0n) is 11.2. The number of para-hydroxylation sites is 1. The van der Waals surface area contributed by atoms with Crippen molar-refractivity contribution in [3.05, 3.63) is 40.6 Å². The second kappa shape index (κ2) is 5.35. The Hall–Kier alpha value is -2.70. The van der Waals surface area contributed by atoms with E-state index < -0.39 is 11.0 Å². The molecule has 21 heavy (non-hydrogen) atoms. The molecular formula is C14H14N4O3. The standard InChI is InChI=1S/C14H14N4O3/c19-14-11(6-3-7-15-14)17-13-9-4-1-2-5-10(9)16-8-12(13)18(20)21/h1-2,4-5,8,11H,3,6-7H2,(H,15,19)(H,16,17). The van der Waals surface area contributed by atoms with Gasteiger partial charge in [0.1, 0.15) is 17.9 Å². The number of anilines is 1. The zero-order chi connectivity index (χ0) is 14.8. The van der Waals surface area contributed by atoms with Crippen LogP contribution in [0.4, 0.5) is 11.4 Å². The van der Waals surface area contributed by atoms with Gasteiger partial charge in [-0.25, -0.2) is 4.98 Å². The predicted molar refractivity (Wildman–Crippen MR) is 78.1 cm³/mol. The van der Waals surface area contributed by atoms with Crippen LogP contribution in [0.5, 0.6) is 0 Å². The van der Waals surface area contributed by atoms with Crippen molar-refractivity contribution < 1.29 is 9.72 Å². The molecule has 0 bridgehead atoms. The molecule has 0 spiro atoms. The van der Waals surface area contributed by atoms with Crippen molar-refractivity contribution in [2.75, 3.05) is 11.9 Å². The number of benzene rings is 1.